The number of hydrazine groups is 2. The maximum Gasteiger partial charge on any atom is 0.408 e. The first kappa shape index (κ1) is 64.7. The van der Waals surface area contributed by atoms with Crippen molar-refractivity contribution < 1.29 is 53.6 Å². The number of carbonyl (C=O) groups is 7. The minimum Gasteiger partial charge on any atom is -0.479 e. The first-order valence-electron chi connectivity index (χ1n) is 26.1. The van der Waals surface area contributed by atoms with Crippen LogP contribution in [0.15, 0.2) is 69.6 Å². The molecule has 2 fully saturated rings. The van der Waals surface area contributed by atoms with Gasteiger partial charge in [0, 0.05) is 32.8 Å². The van der Waals surface area contributed by atoms with Crippen molar-refractivity contribution in [3.05, 3.63) is 81.0 Å². The number of carbonyl (C=O) groups excluding carboxylic acids is 6. The second-order valence-electron chi connectivity index (χ2n) is 21.9. The van der Waals surface area contributed by atoms with Gasteiger partial charge in [0.15, 0.2) is 6.10 Å². The summed E-state index contributed by atoms with van der Waals surface area (Å²) in [5, 5.41) is 42.6. The summed E-state index contributed by atoms with van der Waals surface area (Å²) < 4.78 is 7.10. The van der Waals surface area contributed by atoms with Gasteiger partial charge in [0.1, 0.15) is 34.9 Å². The highest BCUT2D eigenvalue weighted by molar-refractivity contribution is 9.10. The van der Waals surface area contributed by atoms with Crippen molar-refractivity contribution in [2.75, 3.05) is 13.1 Å². The highest BCUT2D eigenvalue weighted by atomic mass is 79.9. The molecule has 4 aromatic rings. The SMILES string of the molecule is CC(C)[C@H](O)C(=O)N[C@@H](C)C(=O)N1CCCC(C)(C(=O)N[C@H](C)c2ccc3ccc(Br)cc3n2)N1.CC(C)[C@H](O)C(=O)O.C[C@H](NC(=O)OC(C)(C)C)C(=O)N1CCCC(C)(C(=O)N[C@H](C)c2ccc3ccc(Br)cc3n2)N1. The molecule has 0 spiro atoms. The molecule has 2 aliphatic heterocycles. The van der Waals surface area contributed by atoms with E-state index in [0.29, 0.717) is 38.8 Å². The smallest absolute Gasteiger partial charge is 0.408 e. The first-order valence-corrected chi connectivity index (χ1v) is 27.6. The van der Waals surface area contributed by atoms with Gasteiger partial charge in [0.05, 0.1) is 34.5 Å². The van der Waals surface area contributed by atoms with Crippen molar-refractivity contribution in [1.29, 1.82) is 0 Å². The third-order valence-electron chi connectivity index (χ3n) is 13.0. The molecule has 6 rings (SSSR count). The van der Waals surface area contributed by atoms with E-state index in [1.807, 2.05) is 74.5 Å². The number of benzene rings is 2. The van der Waals surface area contributed by atoms with E-state index in [9.17, 15) is 38.7 Å². The molecule has 21 nitrogen and oxygen atoms in total. The zero-order valence-electron chi connectivity index (χ0n) is 46.8. The molecule has 2 aromatic heterocycles. The average Bonchev–Trinajstić information content (AvgIpc) is 3.36. The number of fused-ring (bicyclic) bond motifs is 2. The number of carboxylic acids is 1. The van der Waals surface area contributed by atoms with Crippen LogP contribution in [0.1, 0.15) is 139 Å². The number of carboxylic acid groups (broad SMARTS) is 1. The van der Waals surface area contributed by atoms with Gasteiger partial charge in [0.2, 0.25) is 17.7 Å². The molecule has 0 saturated carbocycles. The van der Waals surface area contributed by atoms with Gasteiger partial charge >= 0.3 is 12.1 Å². The Morgan fingerprint density at radius 2 is 1.00 bits per heavy atom. The van der Waals surface area contributed by atoms with Gasteiger partial charge in [-0.05, 0) is 136 Å². The van der Waals surface area contributed by atoms with Gasteiger partial charge in [-0.2, -0.15) is 0 Å². The van der Waals surface area contributed by atoms with E-state index in [4.69, 9.17) is 19.9 Å². The summed E-state index contributed by atoms with van der Waals surface area (Å²) in [6.07, 6.45) is -0.717. The standard InChI is InChI=1S/2C25H34BrN5O4.C5H10O3/c1-15(19-11-9-17-8-10-18(26)14-20(17)29-19)27-22(33)25(6)12-7-13-31(30-25)21(32)16(2)28-23(34)35-24(3,4)5;1-14(2)21(32)22(33)27-16(4)23(34)31-12-6-11-25(5,30-31)24(35)28-15(3)19-10-8-17-7-9-18(26)13-20(17)29-19;1-3(2)4(6)5(7)8/h8-11,14-16,30H,7,12-13H2,1-6H3,(H,27,33)(H,28,34);7-10,13-16,21,30,32H,6,11-12H2,1-5H3,(H,27,33)(H,28,35);3-4,6H,1-2H3,(H,7,8)/t15-,16+,25?;15-,16+,21+,25?;4-/m110/s1. The zero-order chi connectivity index (χ0) is 58.6. The van der Waals surface area contributed by atoms with E-state index in [1.165, 1.54) is 10.0 Å². The van der Waals surface area contributed by atoms with Crippen molar-refractivity contribution in [2.45, 2.75) is 169 Å². The lowest BCUT2D eigenvalue weighted by molar-refractivity contribution is -0.149. The molecule has 6 amide bonds. The van der Waals surface area contributed by atoms with Crippen molar-refractivity contribution in [1.82, 2.24) is 52.1 Å². The van der Waals surface area contributed by atoms with E-state index < -0.39 is 58.9 Å². The average molecular weight is 1220 g/mol. The molecular formula is C55H78Br2N10O11. The Morgan fingerprint density at radius 3 is 1.36 bits per heavy atom. The Bertz CT molecular complexity index is 2800. The molecule has 2 aliphatic rings. The summed E-state index contributed by atoms with van der Waals surface area (Å²) in [6, 6.07) is 17.1. The molecule has 0 aliphatic carbocycles. The number of aromatic nitrogens is 2. The van der Waals surface area contributed by atoms with Crippen LogP contribution in [0.4, 0.5) is 4.79 Å². The number of hydrogen-bond acceptors (Lipinski definition) is 14. The number of ether oxygens (including phenoxy) is 1. The molecule has 2 unspecified atom stereocenters. The summed E-state index contributed by atoms with van der Waals surface area (Å²) in [5.41, 5.74) is 6.61. The van der Waals surface area contributed by atoms with Crippen LogP contribution in [0.3, 0.4) is 0 Å². The normalized spacial score (nSPS) is 19.8. The van der Waals surface area contributed by atoms with Gasteiger partial charge in [-0.3, -0.25) is 44.0 Å². The maximum absolute atomic E-state index is 13.3. The predicted molar refractivity (Wildman–Crippen MR) is 303 cm³/mol. The fraction of sp³-hybridized carbons (Fsp3) is 0.545. The summed E-state index contributed by atoms with van der Waals surface area (Å²) in [4.78, 5) is 95.9. The molecule has 8 atom stereocenters. The molecule has 0 bridgehead atoms. The summed E-state index contributed by atoms with van der Waals surface area (Å²) in [5.74, 6) is -3.41. The Morgan fingerprint density at radius 1 is 0.615 bits per heavy atom. The van der Waals surface area contributed by atoms with Crippen LogP contribution in [0.2, 0.25) is 0 Å². The number of rotatable bonds is 14. The number of aliphatic hydroxyl groups excluding tert-OH is 2. The van der Waals surface area contributed by atoms with Crippen LogP contribution in [0, 0.1) is 11.8 Å². The van der Waals surface area contributed by atoms with Crippen LogP contribution in [0.25, 0.3) is 21.8 Å². The Kier molecular flexibility index (Phi) is 23.1. The van der Waals surface area contributed by atoms with Crippen molar-refractivity contribution in [3.63, 3.8) is 0 Å². The van der Waals surface area contributed by atoms with E-state index in [-0.39, 0.29) is 47.5 Å². The van der Waals surface area contributed by atoms with Crippen LogP contribution >= 0.6 is 31.9 Å². The topological polar surface area (TPSA) is 294 Å². The zero-order valence-corrected chi connectivity index (χ0v) is 50.0. The molecule has 2 saturated heterocycles. The third kappa shape index (κ3) is 18.4. The lowest BCUT2D eigenvalue weighted by atomic mass is 9.92. The minimum absolute atomic E-state index is 0.201. The minimum atomic E-state index is -1.21. The molecule has 0 radical (unpaired) electrons. The molecule has 2 aromatic carbocycles. The number of aliphatic carboxylic acids is 1. The molecule has 23 heteroatoms. The third-order valence-corrected chi connectivity index (χ3v) is 14.0. The molecule has 78 heavy (non-hydrogen) atoms. The monoisotopic (exact) mass is 1210 g/mol. The summed E-state index contributed by atoms with van der Waals surface area (Å²) >= 11 is 6.93. The number of nitrogens with one attached hydrogen (secondary N) is 6. The second-order valence-corrected chi connectivity index (χ2v) is 23.8. The summed E-state index contributed by atoms with van der Waals surface area (Å²) in [6.45, 7) is 23.3. The van der Waals surface area contributed by atoms with Gasteiger partial charge in [-0.25, -0.2) is 20.4 Å². The number of nitrogens with zero attached hydrogens (tertiary/aromatic N) is 4. The van der Waals surface area contributed by atoms with Crippen LogP contribution in [-0.2, 0) is 33.5 Å². The molecular weight excluding hydrogens is 1140 g/mol. The lowest BCUT2D eigenvalue weighted by Crippen LogP contribution is -2.67. The van der Waals surface area contributed by atoms with Gasteiger partial charge < -0.3 is 41.3 Å². The Balaban J connectivity index is 0.000000295. The number of amides is 6. The quantitative estimate of drug-likeness (QED) is 0.0639. The summed E-state index contributed by atoms with van der Waals surface area (Å²) in [7, 11) is 0. The molecule has 4 heterocycles. The maximum atomic E-state index is 13.3. The van der Waals surface area contributed by atoms with Gasteiger partial charge in [-0.1, -0.05) is 83.8 Å². The van der Waals surface area contributed by atoms with Gasteiger partial charge in [-0.15, -0.1) is 0 Å². The highest BCUT2D eigenvalue weighted by Gasteiger charge is 2.42. The fourth-order valence-corrected chi connectivity index (χ4v) is 8.87. The van der Waals surface area contributed by atoms with Crippen molar-refractivity contribution >= 4 is 95.3 Å². The van der Waals surface area contributed by atoms with E-state index in [0.717, 1.165) is 42.1 Å². The second kappa shape index (κ2) is 27.8. The van der Waals surface area contributed by atoms with Crippen molar-refractivity contribution in [3.8, 4) is 0 Å². The number of halogens is 2. The Labute approximate surface area is 473 Å². The number of hydrogen-bond donors (Lipinski definition) is 9. The largest absolute Gasteiger partial charge is 0.479 e. The lowest BCUT2D eigenvalue weighted by Gasteiger charge is -2.41. The van der Waals surface area contributed by atoms with Gasteiger partial charge in [0.25, 0.3) is 11.8 Å². The van der Waals surface area contributed by atoms with Crippen LogP contribution < -0.4 is 32.1 Å². The first-order chi connectivity index (χ1) is 36.2. The predicted octanol–water partition coefficient (Wildman–Crippen LogP) is 6.64. The molecule has 9 N–H and O–H groups in total. The van der Waals surface area contributed by atoms with E-state index in [1.54, 1.807) is 76.2 Å². The van der Waals surface area contributed by atoms with Crippen molar-refractivity contribution in [2.24, 2.45) is 11.8 Å². The van der Waals surface area contributed by atoms with E-state index in [2.05, 4.69) is 69.0 Å². The number of aliphatic hydroxyl groups is 2. The van der Waals surface area contributed by atoms with Crippen LogP contribution in [0.5, 0.6) is 0 Å². The molecule has 428 valence electrons. The van der Waals surface area contributed by atoms with E-state index >= 15 is 0 Å². The number of pyridine rings is 2. The van der Waals surface area contributed by atoms with Crippen LogP contribution in [-0.4, -0.2) is 131 Å². The Hall–Kier alpha value is -5.85. The highest BCUT2D eigenvalue weighted by Crippen LogP contribution is 2.26. The fourth-order valence-electron chi connectivity index (χ4n) is 8.18. The number of alkyl carbamates (subject to hydrolysis) is 1.